The second-order valence-electron chi connectivity index (χ2n) is 11.6. The van der Waals surface area contributed by atoms with Crippen molar-refractivity contribution in [2.24, 2.45) is 10.9 Å². The number of allylic oxidation sites excluding steroid dienone is 3. The Morgan fingerprint density at radius 3 is 2.00 bits per heavy atom. The highest BCUT2D eigenvalue weighted by Crippen LogP contribution is 2.62. The number of fused-ring (bicyclic) bond motifs is 9. The van der Waals surface area contributed by atoms with Gasteiger partial charge in [0, 0.05) is 21.6 Å². The van der Waals surface area contributed by atoms with Gasteiger partial charge < -0.3 is 0 Å². The molecule has 0 saturated heterocycles. The molecular weight excluding hydrogens is 527 g/mol. The predicted octanol–water partition coefficient (Wildman–Crippen LogP) is 10.4. The van der Waals surface area contributed by atoms with Crippen LogP contribution in [0, 0.1) is 12.8 Å². The van der Waals surface area contributed by atoms with E-state index in [1.54, 1.807) is 0 Å². The summed E-state index contributed by atoms with van der Waals surface area (Å²) in [4.78, 5) is 7.53. The Hall–Kier alpha value is -4.40. The van der Waals surface area contributed by atoms with Gasteiger partial charge in [0.15, 0.2) is 0 Å². The molecule has 0 bridgehead atoms. The number of rotatable bonds is 2. The van der Waals surface area contributed by atoms with E-state index in [0.29, 0.717) is 5.92 Å². The van der Waals surface area contributed by atoms with Crippen molar-refractivity contribution < 1.29 is 0 Å². The first kappa shape index (κ1) is 25.3. The molecule has 1 aliphatic carbocycles. The molecule has 202 valence electrons. The van der Waals surface area contributed by atoms with Crippen LogP contribution in [0.25, 0.3) is 22.4 Å². The Kier molecular flexibility index (Phi) is 5.94. The minimum Gasteiger partial charge on any atom is -0.261 e. The van der Waals surface area contributed by atoms with Gasteiger partial charge in [-0.2, -0.15) is 0 Å². The van der Waals surface area contributed by atoms with Crippen LogP contribution in [0.1, 0.15) is 52.3 Å². The van der Waals surface area contributed by atoms with E-state index < -0.39 is 0 Å². The number of nitrogens with zero attached hydrogens (tertiary/aromatic N) is 1. The standard InChI is InChI=1S/C40H31NS/c1-26-15-17-28(18-16-26)37-22-21-30(27(2)23-24-41-37)29-19-20-32-31-9-3-4-10-33(31)40(36(32)25-29)34-11-5-7-13-38(34)42-39-14-8-6-12-35(39)40/h3-22,24-25,27H,23H2,1-2H3/b30-21+,37-22-,41-24+. The third kappa shape index (κ3) is 3.75. The molecule has 0 amide bonds. The summed E-state index contributed by atoms with van der Waals surface area (Å²) in [5.41, 5.74) is 13.9. The second kappa shape index (κ2) is 9.86. The largest absolute Gasteiger partial charge is 0.261 e. The number of hydrogen-bond donors (Lipinski definition) is 0. The molecule has 1 nitrogen and oxygen atoms in total. The lowest BCUT2D eigenvalue weighted by molar-refractivity contribution is 0.721. The molecular formula is C40H31NS. The molecule has 0 aromatic heterocycles. The molecule has 8 rings (SSSR count). The molecule has 1 atom stereocenters. The second-order valence-corrected chi connectivity index (χ2v) is 12.7. The normalized spacial score (nSPS) is 21.0. The zero-order chi connectivity index (χ0) is 28.3. The fourth-order valence-corrected chi connectivity index (χ4v) is 8.31. The van der Waals surface area contributed by atoms with Crippen molar-refractivity contribution in [2.45, 2.75) is 35.5 Å². The smallest absolute Gasteiger partial charge is 0.0735 e. The number of benzene rings is 5. The Bertz CT molecular complexity index is 1910. The van der Waals surface area contributed by atoms with Crippen LogP contribution in [0.2, 0.25) is 0 Å². The quantitative estimate of drug-likeness (QED) is 0.206. The highest BCUT2D eigenvalue weighted by Gasteiger charge is 2.50. The van der Waals surface area contributed by atoms with Gasteiger partial charge >= 0.3 is 0 Å². The predicted molar refractivity (Wildman–Crippen MR) is 177 cm³/mol. The van der Waals surface area contributed by atoms with E-state index in [-0.39, 0.29) is 5.41 Å². The van der Waals surface area contributed by atoms with Gasteiger partial charge in [-0.1, -0.05) is 127 Å². The minimum atomic E-state index is -0.351. The van der Waals surface area contributed by atoms with Gasteiger partial charge in [0.1, 0.15) is 0 Å². The van der Waals surface area contributed by atoms with E-state index in [0.717, 1.165) is 17.7 Å². The first-order valence-electron chi connectivity index (χ1n) is 14.8. The van der Waals surface area contributed by atoms with Gasteiger partial charge in [0.2, 0.25) is 0 Å². The van der Waals surface area contributed by atoms with Gasteiger partial charge in [-0.15, -0.1) is 0 Å². The van der Waals surface area contributed by atoms with E-state index in [4.69, 9.17) is 4.99 Å². The van der Waals surface area contributed by atoms with Crippen LogP contribution >= 0.6 is 11.8 Å². The van der Waals surface area contributed by atoms with Crippen LogP contribution in [-0.2, 0) is 5.41 Å². The number of hydrogen-bond acceptors (Lipinski definition) is 2. The fourth-order valence-electron chi connectivity index (χ4n) is 7.12. The van der Waals surface area contributed by atoms with E-state index >= 15 is 0 Å². The van der Waals surface area contributed by atoms with Crippen LogP contribution in [0.5, 0.6) is 0 Å². The molecule has 1 unspecified atom stereocenters. The maximum atomic E-state index is 4.85. The van der Waals surface area contributed by atoms with E-state index in [1.807, 2.05) is 11.8 Å². The van der Waals surface area contributed by atoms with Gasteiger partial charge in [-0.3, -0.25) is 4.99 Å². The molecule has 2 heteroatoms. The zero-order valence-corrected chi connectivity index (χ0v) is 24.7. The van der Waals surface area contributed by atoms with Crippen molar-refractivity contribution in [3.63, 3.8) is 0 Å². The van der Waals surface area contributed by atoms with E-state index in [1.165, 1.54) is 59.9 Å². The summed E-state index contributed by atoms with van der Waals surface area (Å²) >= 11 is 1.90. The molecule has 0 fully saturated rings. The Morgan fingerprint density at radius 2 is 1.26 bits per heavy atom. The number of aliphatic imine (C=N–C) groups is 1. The molecule has 3 aliphatic rings. The van der Waals surface area contributed by atoms with Crippen molar-refractivity contribution in [1.29, 1.82) is 0 Å². The van der Waals surface area contributed by atoms with Gasteiger partial charge in [-0.05, 0) is 88.1 Å². The van der Waals surface area contributed by atoms with Crippen molar-refractivity contribution in [3.8, 4) is 11.1 Å². The summed E-state index contributed by atoms with van der Waals surface area (Å²) in [6.07, 6.45) is 7.51. The maximum Gasteiger partial charge on any atom is 0.0735 e. The average molecular weight is 558 g/mol. The zero-order valence-electron chi connectivity index (χ0n) is 23.8. The van der Waals surface area contributed by atoms with Crippen LogP contribution in [0.15, 0.2) is 142 Å². The SMILES string of the molecule is Cc1ccc(C2=C/C=C(/c3ccc4c(c3)C3(c5ccccc5Sc5ccccc53)c3ccccc3-4)C(C)C\C=N\2)cc1. The highest BCUT2D eigenvalue weighted by molar-refractivity contribution is 7.99. The van der Waals surface area contributed by atoms with E-state index in [9.17, 15) is 0 Å². The van der Waals surface area contributed by atoms with Crippen LogP contribution < -0.4 is 0 Å². The summed E-state index contributed by atoms with van der Waals surface area (Å²) < 4.78 is 0. The minimum absolute atomic E-state index is 0.351. The molecule has 42 heavy (non-hydrogen) atoms. The maximum absolute atomic E-state index is 4.85. The molecule has 1 spiro atoms. The van der Waals surface area contributed by atoms with Crippen LogP contribution in [-0.4, -0.2) is 6.21 Å². The van der Waals surface area contributed by atoms with Crippen molar-refractivity contribution in [3.05, 3.63) is 166 Å². The van der Waals surface area contributed by atoms with Crippen molar-refractivity contribution in [1.82, 2.24) is 0 Å². The summed E-state index contributed by atoms with van der Waals surface area (Å²) in [7, 11) is 0. The lowest BCUT2D eigenvalue weighted by atomic mass is 9.67. The van der Waals surface area contributed by atoms with Crippen LogP contribution in [0.4, 0.5) is 0 Å². The molecule has 2 aliphatic heterocycles. The first-order valence-corrected chi connectivity index (χ1v) is 15.6. The molecule has 0 radical (unpaired) electrons. The van der Waals surface area contributed by atoms with Gasteiger partial charge in [0.05, 0.1) is 11.1 Å². The average Bonchev–Trinajstić information content (AvgIpc) is 3.30. The molecule has 5 aromatic carbocycles. The van der Waals surface area contributed by atoms with Crippen molar-refractivity contribution >= 4 is 29.2 Å². The molecule has 0 N–H and O–H groups in total. The Balaban J connectivity index is 1.36. The first-order chi connectivity index (χ1) is 20.6. The van der Waals surface area contributed by atoms with Gasteiger partial charge in [0.25, 0.3) is 0 Å². The molecule has 0 saturated carbocycles. The summed E-state index contributed by atoms with van der Waals surface area (Å²) in [6.45, 7) is 4.45. The summed E-state index contributed by atoms with van der Waals surface area (Å²) in [5, 5.41) is 0. The summed E-state index contributed by atoms with van der Waals surface area (Å²) in [5.74, 6) is 0.351. The lowest BCUT2D eigenvalue weighted by Crippen LogP contribution is -2.32. The number of aryl methyl sites for hydroxylation is 1. The topological polar surface area (TPSA) is 12.4 Å². The monoisotopic (exact) mass is 557 g/mol. The third-order valence-electron chi connectivity index (χ3n) is 9.17. The molecule has 5 aromatic rings. The lowest BCUT2D eigenvalue weighted by Gasteiger charge is -2.39. The Morgan fingerprint density at radius 1 is 0.643 bits per heavy atom. The third-order valence-corrected chi connectivity index (χ3v) is 10.3. The summed E-state index contributed by atoms with van der Waals surface area (Å²) in [6, 6.07) is 42.9. The Labute approximate surface area is 252 Å². The van der Waals surface area contributed by atoms with E-state index in [2.05, 4.69) is 147 Å². The van der Waals surface area contributed by atoms with Gasteiger partial charge in [-0.25, -0.2) is 0 Å². The fraction of sp³-hybridized carbons (Fsp3) is 0.125. The molecule has 2 heterocycles. The van der Waals surface area contributed by atoms with Crippen molar-refractivity contribution in [2.75, 3.05) is 0 Å². The van der Waals surface area contributed by atoms with Crippen LogP contribution in [0.3, 0.4) is 0 Å². The highest BCUT2D eigenvalue weighted by atomic mass is 32.2.